The molecule has 1 aliphatic heterocycles. The van der Waals surface area contributed by atoms with E-state index in [-0.39, 0.29) is 10.9 Å². The average molecular weight is 299 g/mol. The van der Waals surface area contributed by atoms with Gasteiger partial charge in [0.15, 0.2) is 0 Å². The minimum Gasteiger partial charge on any atom is -0.325 e. The first-order valence-corrected chi connectivity index (χ1v) is 7.47. The van der Waals surface area contributed by atoms with Crippen molar-refractivity contribution in [2.45, 2.75) is 38.6 Å². The summed E-state index contributed by atoms with van der Waals surface area (Å²) < 4.78 is 13.1. The number of carbonyl (C=O) groups excluding carboxylic acids is 1. The predicted octanol–water partition coefficient (Wildman–Crippen LogP) is 3.68. The van der Waals surface area contributed by atoms with Crippen molar-refractivity contribution in [3.63, 3.8) is 0 Å². The molecule has 1 unspecified atom stereocenters. The quantitative estimate of drug-likeness (QED) is 0.919. The monoisotopic (exact) mass is 298 g/mol. The van der Waals surface area contributed by atoms with Crippen LogP contribution in [0.25, 0.3) is 0 Å². The van der Waals surface area contributed by atoms with Crippen LogP contribution in [0.3, 0.4) is 0 Å². The molecule has 1 aromatic carbocycles. The van der Waals surface area contributed by atoms with Gasteiger partial charge in [-0.05, 0) is 44.0 Å². The number of hydrogen-bond acceptors (Lipinski definition) is 2. The van der Waals surface area contributed by atoms with E-state index in [0.29, 0.717) is 18.3 Å². The number of likely N-dealkylation sites (tertiary alicyclic amines) is 1. The van der Waals surface area contributed by atoms with Crippen molar-refractivity contribution in [3.05, 3.63) is 29.0 Å². The van der Waals surface area contributed by atoms with Gasteiger partial charge in [0.1, 0.15) is 5.82 Å². The first-order chi connectivity index (χ1) is 9.60. The molecule has 2 rings (SSSR count). The van der Waals surface area contributed by atoms with Crippen LogP contribution in [-0.2, 0) is 4.79 Å². The van der Waals surface area contributed by atoms with Gasteiger partial charge in [-0.2, -0.15) is 0 Å². The molecule has 0 radical (unpaired) electrons. The Bertz CT molecular complexity index is 481. The Morgan fingerprint density at radius 1 is 1.50 bits per heavy atom. The number of anilines is 1. The molecule has 0 bridgehead atoms. The van der Waals surface area contributed by atoms with Gasteiger partial charge in [0.25, 0.3) is 0 Å². The highest BCUT2D eigenvalue weighted by Gasteiger charge is 2.22. The molecule has 1 aliphatic rings. The van der Waals surface area contributed by atoms with Crippen LogP contribution in [0, 0.1) is 5.82 Å². The maximum atomic E-state index is 13.1. The van der Waals surface area contributed by atoms with Crippen molar-refractivity contribution in [2.75, 3.05) is 18.4 Å². The summed E-state index contributed by atoms with van der Waals surface area (Å²) in [6, 6.07) is 4.70. The second-order valence-electron chi connectivity index (χ2n) is 5.21. The zero-order valence-electron chi connectivity index (χ0n) is 11.7. The summed E-state index contributed by atoms with van der Waals surface area (Å²) in [5.74, 6) is -0.556. The highest BCUT2D eigenvalue weighted by Crippen LogP contribution is 2.21. The minimum absolute atomic E-state index is 0.0206. The maximum absolute atomic E-state index is 13.1. The van der Waals surface area contributed by atoms with Crippen LogP contribution in [0.4, 0.5) is 10.1 Å². The first kappa shape index (κ1) is 15.3. The van der Waals surface area contributed by atoms with Crippen LogP contribution in [0.5, 0.6) is 0 Å². The molecule has 0 aliphatic carbocycles. The Balaban J connectivity index is 1.92. The molecule has 20 heavy (non-hydrogen) atoms. The van der Waals surface area contributed by atoms with Crippen molar-refractivity contribution in [3.8, 4) is 0 Å². The van der Waals surface area contributed by atoms with Crippen LogP contribution < -0.4 is 5.32 Å². The third-order valence-electron chi connectivity index (χ3n) is 3.77. The summed E-state index contributed by atoms with van der Waals surface area (Å²) in [7, 11) is 0. The molecule has 1 amide bonds. The number of rotatable bonds is 4. The van der Waals surface area contributed by atoms with Gasteiger partial charge < -0.3 is 5.32 Å². The third kappa shape index (κ3) is 3.93. The third-order valence-corrected chi connectivity index (χ3v) is 4.06. The van der Waals surface area contributed by atoms with E-state index in [1.807, 2.05) is 0 Å². The van der Waals surface area contributed by atoms with E-state index in [4.69, 9.17) is 11.6 Å². The van der Waals surface area contributed by atoms with Gasteiger partial charge in [0.05, 0.1) is 11.6 Å². The van der Waals surface area contributed by atoms with Gasteiger partial charge in [0.2, 0.25) is 5.91 Å². The first-order valence-electron chi connectivity index (χ1n) is 7.09. The zero-order valence-corrected chi connectivity index (χ0v) is 12.4. The Morgan fingerprint density at radius 3 is 3.00 bits per heavy atom. The molecule has 110 valence electrons. The maximum Gasteiger partial charge on any atom is 0.238 e. The Morgan fingerprint density at radius 2 is 2.30 bits per heavy atom. The van der Waals surface area contributed by atoms with Crippen molar-refractivity contribution in [2.24, 2.45) is 0 Å². The number of piperidine rings is 1. The zero-order chi connectivity index (χ0) is 14.5. The molecule has 5 heteroatoms. The summed E-state index contributed by atoms with van der Waals surface area (Å²) >= 11 is 5.70. The number of benzene rings is 1. The Hall–Kier alpha value is -1.13. The van der Waals surface area contributed by atoms with Crippen LogP contribution in [-0.4, -0.2) is 29.9 Å². The molecule has 1 saturated heterocycles. The van der Waals surface area contributed by atoms with Crippen molar-refractivity contribution in [1.82, 2.24) is 4.90 Å². The normalized spacial score (nSPS) is 19.9. The Labute approximate surface area is 124 Å². The van der Waals surface area contributed by atoms with Gasteiger partial charge in [-0.3, -0.25) is 9.69 Å². The summed E-state index contributed by atoms with van der Waals surface area (Å²) in [6.45, 7) is 3.50. The topological polar surface area (TPSA) is 32.3 Å². The second kappa shape index (κ2) is 7.04. The molecule has 1 atom stereocenters. The lowest BCUT2D eigenvalue weighted by Gasteiger charge is -2.34. The number of amides is 1. The Kier molecular flexibility index (Phi) is 5.38. The van der Waals surface area contributed by atoms with Crippen LogP contribution >= 0.6 is 11.6 Å². The second-order valence-corrected chi connectivity index (χ2v) is 5.61. The number of halogens is 2. The largest absolute Gasteiger partial charge is 0.325 e. The van der Waals surface area contributed by atoms with Gasteiger partial charge >= 0.3 is 0 Å². The average Bonchev–Trinajstić information content (AvgIpc) is 2.43. The SMILES string of the molecule is CCC1CCCCN1CC(=O)Nc1ccc(F)c(Cl)c1. The summed E-state index contributed by atoms with van der Waals surface area (Å²) in [5.41, 5.74) is 0.534. The lowest BCUT2D eigenvalue weighted by atomic mass is 10.00. The number of nitrogens with one attached hydrogen (secondary N) is 1. The minimum atomic E-state index is -0.480. The summed E-state index contributed by atoms with van der Waals surface area (Å²) in [5, 5.41) is 2.79. The lowest BCUT2D eigenvalue weighted by Crippen LogP contribution is -2.43. The standard InChI is InChI=1S/C15H20ClFN2O/c1-2-12-5-3-4-8-19(12)10-15(20)18-11-6-7-14(17)13(16)9-11/h6-7,9,12H,2-5,8,10H2,1H3,(H,18,20). The van der Waals surface area contributed by atoms with Crippen LogP contribution in [0.15, 0.2) is 18.2 Å². The summed E-state index contributed by atoms with van der Waals surface area (Å²) in [4.78, 5) is 14.3. The van der Waals surface area contributed by atoms with Crippen LogP contribution in [0.1, 0.15) is 32.6 Å². The van der Waals surface area contributed by atoms with E-state index in [1.54, 1.807) is 0 Å². The number of hydrogen-bond donors (Lipinski definition) is 1. The van der Waals surface area contributed by atoms with E-state index in [1.165, 1.54) is 24.6 Å². The number of nitrogens with zero attached hydrogens (tertiary/aromatic N) is 1. The van der Waals surface area contributed by atoms with Crippen molar-refractivity contribution < 1.29 is 9.18 Å². The molecule has 1 N–H and O–H groups in total. The molecule has 0 saturated carbocycles. The summed E-state index contributed by atoms with van der Waals surface area (Å²) in [6.07, 6.45) is 4.61. The van der Waals surface area contributed by atoms with E-state index < -0.39 is 5.82 Å². The molecule has 1 heterocycles. The fraction of sp³-hybridized carbons (Fsp3) is 0.533. The predicted molar refractivity (Wildman–Crippen MR) is 79.5 cm³/mol. The van der Waals surface area contributed by atoms with Gasteiger partial charge in [-0.15, -0.1) is 0 Å². The lowest BCUT2D eigenvalue weighted by molar-refractivity contribution is -0.118. The molecule has 0 spiro atoms. The van der Waals surface area contributed by atoms with E-state index in [0.717, 1.165) is 25.8 Å². The van der Waals surface area contributed by atoms with Crippen LogP contribution in [0.2, 0.25) is 5.02 Å². The van der Waals surface area contributed by atoms with E-state index in [2.05, 4.69) is 17.1 Å². The van der Waals surface area contributed by atoms with Crippen molar-refractivity contribution in [1.29, 1.82) is 0 Å². The molecule has 3 nitrogen and oxygen atoms in total. The smallest absolute Gasteiger partial charge is 0.238 e. The molecular weight excluding hydrogens is 279 g/mol. The van der Waals surface area contributed by atoms with Gasteiger partial charge in [-0.25, -0.2) is 4.39 Å². The fourth-order valence-electron chi connectivity index (χ4n) is 2.69. The van der Waals surface area contributed by atoms with Gasteiger partial charge in [0, 0.05) is 11.7 Å². The van der Waals surface area contributed by atoms with E-state index >= 15 is 0 Å². The number of carbonyl (C=O) groups is 1. The highest BCUT2D eigenvalue weighted by atomic mass is 35.5. The molecule has 1 aromatic rings. The van der Waals surface area contributed by atoms with Gasteiger partial charge in [-0.1, -0.05) is 24.9 Å². The molecule has 0 aromatic heterocycles. The molecule has 1 fully saturated rings. The fourth-order valence-corrected chi connectivity index (χ4v) is 2.87. The highest BCUT2D eigenvalue weighted by molar-refractivity contribution is 6.31. The molecular formula is C15H20ClFN2O. The van der Waals surface area contributed by atoms with E-state index in [9.17, 15) is 9.18 Å². The van der Waals surface area contributed by atoms with Crippen molar-refractivity contribution >= 4 is 23.2 Å².